The zero-order valence-electron chi connectivity index (χ0n) is 23.3. The lowest BCUT2D eigenvalue weighted by Gasteiger charge is -2.42. The number of aromatic nitrogens is 3. The molecule has 210 valence electrons. The topological polar surface area (TPSA) is 106 Å². The SMILES string of the molecule is COc1cc(N2CCN(C[C@H]3CN(c4ccc(C#N)c5ncccc45)C[C@@H](C)O3)CC2)nc(N2CCNCC2)n1. The zero-order chi connectivity index (χ0) is 27.5. The first-order chi connectivity index (χ1) is 19.6. The van der Waals surface area contributed by atoms with Crippen molar-refractivity contribution >= 4 is 28.4 Å². The third-order valence-corrected chi connectivity index (χ3v) is 7.98. The van der Waals surface area contributed by atoms with Gasteiger partial charge in [0.1, 0.15) is 11.9 Å². The summed E-state index contributed by atoms with van der Waals surface area (Å²) in [7, 11) is 1.66. The maximum atomic E-state index is 9.54. The molecule has 1 aromatic carbocycles. The van der Waals surface area contributed by atoms with Gasteiger partial charge in [0.25, 0.3) is 0 Å². The van der Waals surface area contributed by atoms with Gasteiger partial charge in [-0.2, -0.15) is 15.2 Å². The number of rotatable bonds is 6. The molecule has 3 fully saturated rings. The fourth-order valence-corrected chi connectivity index (χ4v) is 5.99. The molecule has 3 aromatic rings. The first kappa shape index (κ1) is 26.5. The second kappa shape index (κ2) is 11.8. The lowest BCUT2D eigenvalue weighted by atomic mass is 10.1. The van der Waals surface area contributed by atoms with E-state index in [0.717, 1.165) is 100 Å². The first-order valence-electron chi connectivity index (χ1n) is 14.2. The molecule has 0 saturated carbocycles. The summed E-state index contributed by atoms with van der Waals surface area (Å²) in [5.74, 6) is 2.28. The molecule has 0 amide bonds. The van der Waals surface area contributed by atoms with E-state index in [2.05, 4.69) is 60.0 Å². The monoisotopic (exact) mass is 543 g/mol. The Morgan fingerprint density at radius 1 is 1.02 bits per heavy atom. The van der Waals surface area contributed by atoms with Crippen LogP contribution >= 0.6 is 0 Å². The van der Waals surface area contributed by atoms with Gasteiger partial charge in [0.05, 0.1) is 30.4 Å². The van der Waals surface area contributed by atoms with Gasteiger partial charge in [-0.15, -0.1) is 0 Å². The van der Waals surface area contributed by atoms with E-state index in [1.165, 1.54) is 0 Å². The van der Waals surface area contributed by atoms with Crippen LogP contribution in [0.3, 0.4) is 0 Å². The molecule has 0 radical (unpaired) electrons. The first-order valence-corrected chi connectivity index (χ1v) is 14.2. The fraction of sp³-hybridized carbons (Fsp3) is 0.517. The molecule has 1 N–H and O–H groups in total. The summed E-state index contributed by atoms with van der Waals surface area (Å²) in [6.07, 6.45) is 1.95. The highest BCUT2D eigenvalue weighted by molar-refractivity contribution is 5.95. The average molecular weight is 544 g/mol. The van der Waals surface area contributed by atoms with Crippen LogP contribution in [0.25, 0.3) is 10.9 Å². The molecule has 5 heterocycles. The summed E-state index contributed by atoms with van der Waals surface area (Å²) in [5.41, 5.74) is 2.48. The Morgan fingerprint density at radius 2 is 1.85 bits per heavy atom. The summed E-state index contributed by atoms with van der Waals surface area (Å²) < 4.78 is 11.9. The third-order valence-electron chi connectivity index (χ3n) is 7.98. The predicted octanol–water partition coefficient (Wildman–Crippen LogP) is 1.73. The average Bonchev–Trinajstić information content (AvgIpc) is 3.00. The van der Waals surface area contributed by atoms with Crippen molar-refractivity contribution in [3.05, 3.63) is 42.1 Å². The Balaban J connectivity index is 1.11. The lowest BCUT2D eigenvalue weighted by Crippen LogP contribution is -2.54. The molecule has 11 nitrogen and oxygen atoms in total. The number of anilines is 3. The highest BCUT2D eigenvalue weighted by Crippen LogP contribution is 2.30. The number of methoxy groups -OCH3 is 1. The van der Waals surface area contributed by atoms with Crippen LogP contribution in [0, 0.1) is 11.3 Å². The molecule has 3 saturated heterocycles. The minimum absolute atomic E-state index is 0.0936. The van der Waals surface area contributed by atoms with Gasteiger partial charge in [0, 0.05) is 95.3 Å². The van der Waals surface area contributed by atoms with Gasteiger partial charge in [-0.25, -0.2) is 0 Å². The molecule has 3 aliphatic heterocycles. The van der Waals surface area contributed by atoms with Crippen molar-refractivity contribution in [2.24, 2.45) is 0 Å². The number of hydrogen-bond acceptors (Lipinski definition) is 11. The van der Waals surface area contributed by atoms with Gasteiger partial charge >= 0.3 is 0 Å². The molecule has 2 aromatic heterocycles. The van der Waals surface area contributed by atoms with Crippen LogP contribution < -0.4 is 24.8 Å². The molecule has 0 bridgehead atoms. The number of fused-ring (bicyclic) bond motifs is 1. The van der Waals surface area contributed by atoms with Crippen molar-refractivity contribution < 1.29 is 9.47 Å². The van der Waals surface area contributed by atoms with Crippen molar-refractivity contribution in [1.82, 2.24) is 25.2 Å². The van der Waals surface area contributed by atoms with E-state index in [9.17, 15) is 5.26 Å². The number of morpholine rings is 1. The predicted molar refractivity (Wildman–Crippen MR) is 155 cm³/mol. The van der Waals surface area contributed by atoms with Gasteiger partial charge in [-0.3, -0.25) is 9.88 Å². The Bertz CT molecular complexity index is 1370. The van der Waals surface area contributed by atoms with Gasteiger partial charge in [0.2, 0.25) is 11.8 Å². The maximum absolute atomic E-state index is 9.54. The Kier molecular flexibility index (Phi) is 7.82. The van der Waals surface area contributed by atoms with E-state index >= 15 is 0 Å². The molecule has 3 aliphatic rings. The minimum Gasteiger partial charge on any atom is -0.481 e. The number of nitriles is 1. The normalized spacial score (nSPS) is 22.4. The van der Waals surface area contributed by atoms with Crippen molar-refractivity contribution in [1.29, 1.82) is 5.26 Å². The van der Waals surface area contributed by atoms with E-state index in [-0.39, 0.29) is 12.2 Å². The summed E-state index contributed by atoms with van der Waals surface area (Å²) >= 11 is 0. The van der Waals surface area contributed by atoms with Crippen LogP contribution in [0.15, 0.2) is 36.5 Å². The summed E-state index contributed by atoms with van der Waals surface area (Å²) in [4.78, 5) is 23.5. The maximum Gasteiger partial charge on any atom is 0.230 e. The standard InChI is InChI=1S/C29H37N9O2/c1-21-18-38(25-6-5-22(17-30)28-24(25)4-3-7-32-28)20-23(40-21)19-35-12-14-36(15-13-35)26-16-27(39-2)34-29(33-26)37-10-8-31-9-11-37/h3-7,16,21,23,31H,8-15,18-20H2,1-2H3/t21-,23+/m1/s1. The van der Waals surface area contributed by atoms with Gasteiger partial charge in [-0.1, -0.05) is 0 Å². The number of hydrogen-bond donors (Lipinski definition) is 1. The summed E-state index contributed by atoms with van der Waals surface area (Å²) in [6.45, 7) is 11.9. The number of pyridine rings is 1. The largest absolute Gasteiger partial charge is 0.481 e. The molecule has 0 aliphatic carbocycles. The van der Waals surface area contributed by atoms with Gasteiger partial charge < -0.3 is 29.5 Å². The molecule has 6 rings (SSSR count). The van der Waals surface area contributed by atoms with Crippen molar-refractivity contribution in [3.63, 3.8) is 0 Å². The molecule has 2 atom stereocenters. The van der Waals surface area contributed by atoms with Crippen molar-refractivity contribution in [2.45, 2.75) is 19.1 Å². The van der Waals surface area contributed by atoms with Crippen LogP contribution in [0.4, 0.5) is 17.5 Å². The Morgan fingerprint density at radius 3 is 2.62 bits per heavy atom. The number of nitrogens with one attached hydrogen (secondary N) is 1. The van der Waals surface area contributed by atoms with Crippen LogP contribution in [0.1, 0.15) is 12.5 Å². The smallest absolute Gasteiger partial charge is 0.230 e. The zero-order valence-corrected chi connectivity index (χ0v) is 23.3. The third kappa shape index (κ3) is 5.61. The minimum atomic E-state index is 0.0936. The van der Waals surface area contributed by atoms with Crippen molar-refractivity contribution in [3.8, 4) is 11.9 Å². The highest BCUT2D eigenvalue weighted by Gasteiger charge is 2.30. The Labute approximate surface area is 235 Å². The number of nitrogens with zero attached hydrogens (tertiary/aromatic N) is 8. The van der Waals surface area contributed by atoms with Gasteiger partial charge in [0.15, 0.2) is 0 Å². The second-order valence-corrected chi connectivity index (χ2v) is 10.7. The van der Waals surface area contributed by atoms with Crippen LogP contribution in [-0.2, 0) is 4.74 Å². The molecule has 0 spiro atoms. The lowest BCUT2D eigenvalue weighted by molar-refractivity contribution is -0.0327. The number of benzene rings is 1. The van der Waals surface area contributed by atoms with E-state index in [0.29, 0.717) is 11.4 Å². The van der Waals surface area contributed by atoms with E-state index in [1.54, 1.807) is 13.3 Å². The van der Waals surface area contributed by atoms with E-state index in [4.69, 9.17) is 14.5 Å². The van der Waals surface area contributed by atoms with Crippen molar-refractivity contribution in [2.75, 3.05) is 93.8 Å². The number of piperazine rings is 2. The number of ether oxygens (including phenoxy) is 2. The molecule has 40 heavy (non-hydrogen) atoms. The summed E-state index contributed by atoms with van der Waals surface area (Å²) in [5, 5.41) is 13.9. The van der Waals surface area contributed by atoms with Gasteiger partial charge in [-0.05, 0) is 31.2 Å². The quantitative estimate of drug-likeness (QED) is 0.491. The van der Waals surface area contributed by atoms with Crippen LogP contribution in [0.5, 0.6) is 5.88 Å². The van der Waals surface area contributed by atoms with Crippen LogP contribution in [0.2, 0.25) is 0 Å². The molecular formula is C29H37N9O2. The fourth-order valence-electron chi connectivity index (χ4n) is 5.99. The van der Waals surface area contributed by atoms with Crippen LogP contribution in [-0.4, -0.2) is 111 Å². The molecular weight excluding hydrogens is 506 g/mol. The summed E-state index contributed by atoms with van der Waals surface area (Å²) in [6, 6.07) is 12.2. The highest BCUT2D eigenvalue weighted by atomic mass is 16.5. The Hall–Kier alpha value is -3.72. The van der Waals surface area contributed by atoms with E-state index in [1.807, 2.05) is 18.2 Å². The second-order valence-electron chi connectivity index (χ2n) is 10.7. The molecule has 11 heteroatoms. The molecule has 0 unspecified atom stereocenters. The van der Waals surface area contributed by atoms with E-state index < -0.39 is 0 Å².